The minimum atomic E-state index is -1.11. The van der Waals surface area contributed by atoms with Crippen LogP contribution in [-0.4, -0.2) is 58.7 Å². The van der Waals surface area contributed by atoms with Crippen LogP contribution in [0.1, 0.15) is 59.4 Å². The summed E-state index contributed by atoms with van der Waals surface area (Å²) in [5, 5.41) is 12.0. The summed E-state index contributed by atoms with van der Waals surface area (Å²) in [6.07, 6.45) is 3.67. The summed E-state index contributed by atoms with van der Waals surface area (Å²) in [6.45, 7) is 9.67. The monoisotopic (exact) mass is 461 g/mol. The van der Waals surface area contributed by atoms with Gasteiger partial charge < -0.3 is 4.74 Å². The second-order valence-electron chi connectivity index (χ2n) is 8.90. The Morgan fingerprint density at radius 3 is 2.21 bits per heavy atom. The van der Waals surface area contributed by atoms with Gasteiger partial charge in [0.05, 0.1) is 0 Å². The van der Waals surface area contributed by atoms with Gasteiger partial charge in [0, 0.05) is 20.1 Å². The first-order valence-electron chi connectivity index (χ1n) is 11.4. The Bertz CT molecular complexity index is 780. The molecule has 2 atom stereocenters. The zero-order valence-corrected chi connectivity index (χ0v) is 20.7. The number of nitrogens with one attached hydrogen (secondary N) is 1. The topological polar surface area (TPSA) is 99.2 Å². The van der Waals surface area contributed by atoms with Crippen molar-refractivity contribution in [3.05, 3.63) is 42.0 Å². The Hall–Kier alpha value is -2.71. The number of hydrazine groups is 1. The number of benzene rings is 1. The van der Waals surface area contributed by atoms with Crippen molar-refractivity contribution < 1.29 is 24.3 Å². The van der Waals surface area contributed by atoms with Crippen LogP contribution in [0.25, 0.3) is 6.08 Å². The van der Waals surface area contributed by atoms with Crippen molar-refractivity contribution in [2.45, 2.75) is 66.0 Å². The number of hydrogen-bond acceptors (Lipinski definition) is 5. The summed E-state index contributed by atoms with van der Waals surface area (Å²) < 4.78 is 5.22. The van der Waals surface area contributed by atoms with E-state index in [-0.39, 0.29) is 37.1 Å². The van der Waals surface area contributed by atoms with Gasteiger partial charge in [-0.15, -0.1) is 0 Å². The van der Waals surface area contributed by atoms with Gasteiger partial charge in [-0.1, -0.05) is 70.2 Å². The van der Waals surface area contributed by atoms with Crippen LogP contribution >= 0.6 is 0 Å². The molecule has 2 N–H and O–H groups in total. The van der Waals surface area contributed by atoms with Gasteiger partial charge in [0.2, 0.25) is 5.91 Å². The molecule has 0 aromatic heterocycles. The summed E-state index contributed by atoms with van der Waals surface area (Å²) >= 11 is 0. The largest absolute Gasteiger partial charge is 0.372 e. The minimum Gasteiger partial charge on any atom is -0.372 e. The third kappa shape index (κ3) is 9.35. The van der Waals surface area contributed by atoms with Gasteiger partial charge >= 0.3 is 0 Å². The minimum absolute atomic E-state index is 0.0242. The summed E-state index contributed by atoms with van der Waals surface area (Å²) in [5.74, 6) is -1.26. The molecular formula is C25H39N3O5. The number of ether oxygens (including phenoxy) is 1. The molecule has 0 heterocycles. The molecule has 0 bridgehead atoms. The molecule has 0 aliphatic heterocycles. The first-order chi connectivity index (χ1) is 15.6. The van der Waals surface area contributed by atoms with Gasteiger partial charge in [0.1, 0.15) is 12.1 Å². The van der Waals surface area contributed by atoms with Gasteiger partial charge in [-0.3, -0.25) is 19.6 Å². The summed E-state index contributed by atoms with van der Waals surface area (Å²) in [7, 11) is 1.42. The van der Waals surface area contributed by atoms with E-state index in [1.54, 1.807) is 18.5 Å². The third-order valence-electron chi connectivity index (χ3n) is 5.12. The molecular weight excluding hydrogens is 422 g/mol. The number of hydrogen-bond donors (Lipinski definition) is 2. The molecule has 8 nitrogen and oxygen atoms in total. The van der Waals surface area contributed by atoms with Crippen molar-refractivity contribution in [3.8, 4) is 0 Å². The molecule has 0 unspecified atom stereocenters. The molecule has 3 amide bonds. The van der Waals surface area contributed by atoms with E-state index in [9.17, 15) is 19.6 Å². The molecule has 1 rings (SSSR count). The number of carbonyl (C=O) groups is 3. The van der Waals surface area contributed by atoms with Gasteiger partial charge in [-0.25, -0.2) is 15.5 Å². The SMILES string of the molecule is CO[C@H](C)C(=O)N(CC(C)C)N(C(=O)CCC(C)C)[C@@H](CC=Cc1ccccc1)C(=O)NO. The van der Waals surface area contributed by atoms with E-state index >= 15 is 0 Å². The van der Waals surface area contributed by atoms with Gasteiger partial charge in [0.15, 0.2) is 0 Å². The highest BCUT2D eigenvalue weighted by Gasteiger charge is 2.37. The molecule has 0 saturated carbocycles. The van der Waals surface area contributed by atoms with Crippen molar-refractivity contribution in [2.24, 2.45) is 11.8 Å². The van der Waals surface area contributed by atoms with E-state index in [0.29, 0.717) is 6.42 Å². The molecule has 0 aliphatic carbocycles. The smallest absolute Gasteiger partial charge is 0.269 e. The fourth-order valence-corrected chi connectivity index (χ4v) is 3.23. The van der Waals surface area contributed by atoms with Gasteiger partial charge in [-0.05, 0) is 37.2 Å². The lowest BCUT2D eigenvalue weighted by atomic mass is 10.1. The molecule has 1 aromatic rings. The Morgan fingerprint density at radius 2 is 1.70 bits per heavy atom. The lowest BCUT2D eigenvalue weighted by Gasteiger charge is -2.41. The molecule has 0 radical (unpaired) electrons. The summed E-state index contributed by atoms with van der Waals surface area (Å²) in [4.78, 5) is 39.3. The molecule has 33 heavy (non-hydrogen) atoms. The molecule has 0 spiro atoms. The number of amides is 3. The summed E-state index contributed by atoms with van der Waals surface area (Å²) in [5.41, 5.74) is 2.60. The van der Waals surface area contributed by atoms with Crippen LogP contribution in [0.2, 0.25) is 0 Å². The lowest BCUT2D eigenvalue weighted by Crippen LogP contribution is -2.61. The van der Waals surface area contributed by atoms with E-state index in [2.05, 4.69) is 0 Å². The molecule has 184 valence electrons. The van der Waals surface area contributed by atoms with Crippen molar-refractivity contribution in [3.63, 3.8) is 0 Å². The molecule has 0 aliphatic rings. The van der Waals surface area contributed by atoms with Crippen LogP contribution < -0.4 is 5.48 Å². The average Bonchev–Trinajstić information content (AvgIpc) is 2.79. The second-order valence-corrected chi connectivity index (χ2v) is 8.90. The van der Waals surface area contributed by atoms with E-state index < -0.39 is 24.0 Å². The average molecular weight is 462 g/mol. The second kappa shape index (κ2) is 14.4. The Morgan fingerprint density at radius 1 is 1.06 bits per heavy atom. The van der Waals surface area contributed by atoms with E-state index in [4.69, 9.17) is 4.74 Å². The molecule has 0 saturated heterocycles. The first kappa shape index (κ1) is 28.3. The highest BCUT2D eigenvalue weighted by atomic mass is 16.5. The number of rotatable bonds is 12. The Balaban J connectivity index is 3.40. The Labute approximate surface area is 197 Å². The van der Waals surface area contributed by atoms with Crippen LogP contribution in [0.4, 0.5) is 0 Å². The molecule has 1 aromatic carbocycles. The van der Waals surface area contributed by atoms with Crippen LogP contribution in [-0.2, 0) is 19.1 Å². The maximum absolute atomic E-state index is 13.4. The maximum atomic E-state index is 13.4. The third-order valence-corrected chi connectivity index (χ3v) is 5.12. The molecule has 0 fully saturated rings. The van der Waals surface area contributed by atoms with Gasteiger partial charge in [-0.2, -0.15) is 0 Å². The zero-order chi connectivity index (χ0) is 25.0. The highest BCUT2D eigenvalue weighted by Crippen LogP contribution is 2.19. The van der Waals surface area contributed by atoms with E-state index in [1.165, 1.54) is 17.1 Å². The fraction of sp³-hybridized carbons (Fsp3) is 0.560. The quantitative estimate of drug-likeness (QED) is 0.366. The zero-order valence-electron chi connectivity index (χ0n) is 20.7. The number of methoxy groups -OCH3 is 1. The normalized spacial score (nSPS) is 13.2. The van der Waals surface area contributed by atoms with Crippen molar-refractivity contribution in [1.29, 1.82) is 0 Å². The standard InChI is InChI=1S/C25H39N3O5/c1-18(2)15-16-23(29)28(27(17-19(3)4)25(31)20(5)33-6)22(24(30)26-32)14-10-13-21-11-8-7-9-12-21/h7-13,18-20,22,32H,14-17H2,1-6H3,(H,26,30)/t20-,22+/m1/s1. The van der Waals surface area contributed by atoms with Crippen LogP contribution in [0.15, 0.2) is 36.4 Å². The predicted octanol–water partition coefficient (Wildman–Crippen LogP) is 3.66. The lowest BCUT2D eigenvalue weighted by molar-refractivity contribution is -0.180. The van der Waals surface area contributed by atoms with Gasteiger partial charge in [0.25, 0.3) is 11.8 Å². The summed E-state index contributed by atoms with van der Waals surface area (Å²) in [6, 6.07) is 8.42. The van der Waals surface area contributed by atoms with Crippen LogP contribution in [0, 0.1) is 11.8 Å². The van der Waals surface area contributed by atoms with Crippen LogP contribution in [0.5, 0.6) is 0 Å². The van der Waals surface area contributed by atoms with E-state index in [1.807, 2.05) is 64.1 Å². The maximum Gasteiger partial charge on any atom is 0.269 e. The van der Waals surface area contributed by atoms with Crippen molar-refractivity contribution >= 4 is 23.8 Å². The van der Waals surface area contributed by atoms with Crippen molar-refractivity contribution in [1.82, 2.24) is 15.5 Å². The predicted molar refractivity (Wildman–Crippen MR) is 128 cm³/mol. The fourth-order valence-electron chi connectivity index (χ4n) is 3.23. The highest BCUT2D eigenvalue weighted by molar-refractivity contribution is 5.90. The van der Waals surface area contributed by atoms with Crippen LogP contribution in [0.3, 0.4) is 0 Å². The number of hydroxylamine groups is 1. The van der Waals surface area contributed by atoms with E-state index in [0.717, 1.165) is 5.56 Å². The number of nitrogens with zero attached hydrogens (tertiary/aromatic N) is 2. The van der Waals surface area contributed by atoms with Crippen molar-refractivity contribution in [2.75, 3.05) is 13.7 Å². The number of carbonyl (C=O) groups excluding carboxylic acids is 3. The first-order valence-corrected chi connectivity index (χ1v) is 11.4. The Kier molecular flexibility index (Phi) is 12.4. The molecule has 8 heteroatoms.